The Labute approximate surface area is 169 Å². The lowest BCUT2D eigenvalue weighted by atomic mass is 9.91. The molecule has 29 heavy (non-hydrogen) atoms. The van der Waals surface area contributed by atoms with Crippen molar-refractivity contribution in [1.82, 2.24) is 20.4 Å². The van der Waals surface area contributed by atoms with Crippen LogP contribution >= 0.6 is 11.3 Å². The summed E-state index contributed by atoms with van der Waals surface area (Å²) in [6.45, 7) is 2.46. The second-order valence-electron chi connectivity index (χ2n) is 6.79. The molecule has 4 heterocycles. The molecule has 0 saturated carbocycles. The molecule has 0 aliphatic carbocycles. The number of hydrogen-bond acceptors (Lipinski definition) is 8. The molecule has 1 aromatic carbocycles. The number of benzene rings is 1. The van der Waals surface area contributed by atoms with Gasteiger partial charge in [0.1, 0.15) is 25.3 Å². The predicted octanol–water partition coefficient (Wildman–Crippen LogP) is 2.54. The summed E-state index contributed by atoms with van der Waals surface area (Å²) >= 11 is 1.47. The number of carbonyl (C=O) groups is 2. The minimum Gasteiger partial charge on any atom is -0.486 e. The standard InChI is InChI=1S/C19H16N4O5S/c1-19(11-4-5-12-13(9-11)27-7-6-26-12)17(24)23(18(25)21-19)10-15-20-16(22-28-15)14-3-2-8-29-14/h2-5,8-9H,6-7,10H2,1H3,(H,21,25)/t19-/m0/s1. The summed E-state index contributed by atoms with van der Waals surface area (Å²) in [4.78, 5) is 31.9. The third kappa shape index (κ3) is 2.92. The maximum absolute atomic E-state index is 13.1. The Morgan fingerprint density at radius 1 is 1.21 bits per heavy atom. The Kier molecular flexibility index (Phi) is 4.02. The Bertz CT molecular complexity index is 1100. The summed E-state index contributed by atoms with van der Waals surface area (Å²) in [5.74, 6) is 1.37. The van der Waals surface area contributed by atoms with E-state index < -0.39 is 17.5 Å². The quantitative estimate of drug-likeness (QED) is 0.656. The van der Waals surface area contributed by atoms with E-state index in [4.69, 9.17) is 14.0 Å². The van der Waals surface area contributed by atoms with Gasteiger partial charge >= 0.3 is 6.03 Å². The molecule has 0 bridgehead atoms. The third-order valence-electron chi connectivity index (χ3n) is 4.90. The summed E-state index contributed by atoms with van der Waals surface area (Å²) in [5.41, 5.74) is -0.629. The van der Waals surface area contributed by atoms with Gasteiger partial charge in [-0.25, -0.2) is 4.79 Å². The number of amides is 3. The van der Waals surface area contributed by atoms with Crippen LogP contribution < -0.4 is 14.8 Å². The molecule has 2 aliphatic rings. The number of carbonyl (C=O) groups excluding carboxylic acids is 2. The molecule has 3 amide bonds. The molecule has 2 aromatic heterocycles. The van der Waals surface area contributed by atoms with Gasteiger partial charge < -0.3 is 19.3 Å². The molecule has 1 N–H and O–H groups in total. The van der Waals surface area contributed by atoms with Crippen LogP contribution in [-0.2, 0) is 16.9 Å². The van der Waals surface area contributed by atoms with Crippen molar-refractivity contribution in [3.8, 4) is 22.2 Å². The number of thiophene rings is 1. The molecule has 9 nitrogen and oxygen atoms in total. The molecule has 0 unspecified atom stereocenters. The van der Waals surface area contributed by atoms with Crippen LogP contribution in [0.2, 0.25) is 0 Å². The zero-order valence-electron chi connectivity index (χ0n) is 15.4. The van der Waals surface area contributed by atoms with Gasteiger partial charge in [0.05, 0.1) is 4.88 Å². The number of hydrogen-bond donors (Lipinski definition) is 1. The van der Waals surface area contributed by atoms with E-state index in [9.17, 15) is 9.59 Å². The molecule has 2 aliphatic heterocycles. The Morgan fingerprint density at radius 2 is 2.03 bits per heavy atom. The van der Waals surface area contributed by atoms with E-state index in [1.54, 1.807) is 25.1 Å². The van der Waals surface area contributed by atoms with Crippen LogP contribution in [-0.4, -0.2) is 40.2 Å². The lowest BCUT2D eigenvalue weighted by molar-refractivity contribution is -0.131. The molecule has 1 saturated heterocycles. The number of fused-ring (bicyclic) bond motifs is 1. The number of nitrogens with one attached hydrogen (secondary N) is 1. The molecule has 1 fully saturated rings. The molecule has 10 heteroatoms. The van der Waals surface area contributed by atoms with Gasteiger partial charge in [-0.2, -0.15) is 4.98 Å². The fourth-order valence-electron chi connectivity index (χ4n) is 3.35. The van der Waals surface area contributed by atoms with Crippen molar-refractivity contribution >= 4 is 23.3 Å². The van der Waals surface area contributed by atoms with Gasteiger partial charge in [-0.15, -0.1) is 11.3 Å². The monoisotopic (exact) mass is 412 g/mol. The maximum Gasteiger partial charge on any atom is 0.325 e. The highest BCUT2D eigenvalue weighted by molar-refractivity contribution is 7.13. The van der Waals surface area contributed by atoms with E-state index in [-0.39, 0.29) is 12.4 Å². The van der Waals surface area contributed by atoms with Crippen molar-refractivity contribution in [2.45, 2.75) is 19.0 Å². The van der Waals surface area contributed by atoms with Crippen molar-refractivity contribution in [1.29, 1.82) is 0 Å². The highest BCUT2D eigenvalue weighted by Crippen LogP contribution is 2.37. The Hall–Kier alpha value is -3.40. The first-order chi connectivity index (χ1) is 14.0. The average Bonchev–Trinajstić information content (AvgIpc) is 3.46. The molecule has 5 rings (SSSR count). The van der Waals surface area contributed by atoms with Crippen molar-refractivity contribution in [3.63, 3.8) is 0 Å². The van der Waals surface area contributed by atoms with Crippen LogP contribution in [0.1, 0.15) is 18.4 Å². The Balaban J connectivity index is 1.39. The van der Waals surface area contributed by atoms with E-state index in [1.807, 2.05) is 17.5 Å². The number of imide groups is 1. The minimum atomic E-state index is -1.23. The number of aromatic nitrogens is 2. The molecule has 3 aromatic rings. The first-order valence-corrected chi connectivity index (χ1v) is 9.83. The Morgan fingerprint density at radius 3 is 2.83 bits per heavy atom. The average molecular weight is 412 g/mol. The van der Waals surface area contributed by atoms with Crippen LogP contribution in [0.5, 0.6) is 11.5 Å². The summed E-state index contributed by atoms with van der Waals surface area (Å²) in [5, 5.41) is 8.58. The highest BCUT2D eigenvalue weighted by atomic mass is 32.1. The first kappa shape index (κ1) is 17.7. The second kappa shape index (κ2) is 6.59. The SMILES string of the molecule is C[C@@]1(c2ccc3c(c2)OCCO3)NC(=O)N(Cc2nc(-c3cccs3)no2)C1=O. The fraction of sp³-hybridized carbons (Fsp3) is 0.263. The fourth-order valence-corrected chi connectivity index (χ4v) is 4.00. The predicted molar refractivity (Wildman–Crippen MR) is 101 cm³/mol. The molecule has 148 valence electrons. The van der Waals surface area contributed by atoms with Crippen molar-refractivity contribution in [3.05, 3.63) is 47.2 Å². The van der Waals surface area contributed by atoms with Crippen LogP contribution in [0.25, 0.3) is 10.7 Å². The third-order valence-corrected chi connectivity index (χ3v) is 5.76. The number of rotatable bonds is 4. The molecular formula is C19H16N4O5S. The van der Waals surface area contributed by atoms with Crippen LogP contribution in [0.4, 0.5) is 4.79 Å². The minimum absolute atomic E-state index is 0.108. The van der Waals surface area contributed by atoms with E-state index >= 15 is 0 Å². The van der Waals surface area contributed by atoms with Crippen molar-refractivity contribution < 1.29 is 23.6 Å². The highest BCUT2D eigenvalue weighted by Gasteiger charge is 2.49. The topological polar surface area (TPSA) is 107 Å². The number of ether oxygens (including phenoxy) is 2. The summed E-state index contributed by atoms with van der Waals surface area (Å²) in [6.07, 6.45) is 0. The smallest absolute Gasteiger partial charge is 0.325 e. The normalized spacial score (nSPS) is 20.8. The van der Waals surface area contributed by atoms with Gasteiger partial charge in [0, 0.05) is 0 Å². The van der Waals surface area contributed by atoms with Crippen LogP contribution in [0, 0.1) is 0 Å². The lowest BCUT2D eigenvalue weighted by Crippen LogP contribution is -2.41. The van der Waals surface area contributed by atoms with Gasteiger partial charge in [-0.05, 0) is 36.1 Å². The maximum atomic E-state index is 13.1. The van der Waals surface area contributed by atoms with Gasteiger partial charge in [0.25, 0.3) is 5.91 Å². The largest absolute Gasteiger partial charge is 0.486 e. The summed E-state index contributed by atoms with van der Waals surface area (Å²) < 4.78 is 16.3. The first-order valence-electron chi connectivity index (χ1n) is 8.95. The van der Waals surface area contributed by atoms with E-state index in [1.165, 1.54) is 11.3 Å². The number of urea groups is 1. The molecule has 0 radical (unpaired) electrons. The van der Waals surface area contributed by atoms with Gasteiger partial charge in [0.2, 0.25) is 11.7 Å². The summed E-state index contributed by atoms with van der Waals surface area (Å²) in [7, 11) is 0. The van der Waals surface area contributed by atoms with E-state index in [0.29, 0.717) is 36.1 Å². The second-order valence-corrected chi connectivity index (χ2v) is 7.74. The molecule has 1 atom stereocenters. The van der Waals surface area contributed by atoms with E-state index in [2.05, 4.69) is 15.5 Å². The zero-order valence-corrected chi connectivity index (χ0v) is 16.2. The van der Waals surface area contributed by atoms with Gasteiger partial charge in [0.15, 0.2) is 11.5 Å². The molecule has 0 spiro atoms. The lowest BCUT2D eigenvalue weighted by Gasteiger charge is -2.25. The van der Waals surface area contributed by atoms with Crippen LogP contribution in [0.15, 0.2) is 40.2 Å². The van der Waals surface area contributed by atoms with Crippen molar-refractivity contribution in [2.24, 2.45) is 0 Å². The van der Waals surface area contributed by atoms with Gasteiger partial charge in [-0.1, -0.05) is 17.3 Å². The van der Waals surface area contributed by atoms with Crippen molar-refractivity contribution in [2.75, 3.05) is 13.2 Å². The summed E-state index contributed by atoms with van der Waals surface area (Å²) in [6, 6.07) is 8.43. The zero-order chi connectivity index (χ0) is 20.0. The number of nitrogens with zero attached hydrogens (tertiary/aromatic N) is 3. The van der Waals surface area contributed by atoms with Gasteiger partial charge in [-0.3, -0.25) is 9.69 Å². The molecular weight excluding hydrogens is 396 g/mol. The van der Waals surface area contributed by atoms with Crippen LogP contribution in [0.3, 0.4) is 0 Å². The van der Waals surface area contributed by atoms with E-state index in [0.717, 1.165) is 9.78 Å².